The van der Waals surface area contributed by atoms with Crippen LogP contribution in [0.5, 0.6) is 0 Å². The van der Waals surface area contributed by atoms with E-state index in [-0.39, 0.29) is 41.5 Å². The first kappa shape index (κ1) is 51.3. The number of carbonyl (C=O) groups is 3. The van der Waals surface area contributed by atoms with Gasteiger partial charge in [-0.3, -0.25) is 18.0 Å². The summed E-state index contributed by atoms with van der Waals surface area (Å²) in [5.41, 5.74) is 3.57. The number of ether oxygens (including phenoxy) is 2. The van der Waals surface area contributed by atoms with E-state index < -0.39 is 12.0 Å². The van der Waals surface area contributed by atoms with Crippen LogP contribution in [0.15, 0.2) is 110 Å². The zero-order valence-electron chi connectivity index (χ0n) is 40.2. The molecule has 0 radical (unpaired) electrons. The monoisotopic (exact) mass is 1050 g/mol. The highest BCUT2D eigenvalue weighted by atomic mass is 35.5. The molecule has 25 heteroatoms. The number of fused-ring (bicyclic) bond motifs is 3. The van der Waals surface area contributed by atoms with E-state index in [4.69, 9.17) is 16.3 Å². The Hall–Kier alpha value is -8.64. The van der Waals surface area contributed by atoms with Crippen molar-refractivity contribution in [2.75, 3.05) is 43.7 Å². The average molecular weight is 1050 g/mol. The second kappa shape index (κ2) is 23.1. The number of aromatic nitrogens is 12. The van der Waals surface area contributed by atoms with Gasteiger partial charge in [-0.25, -0.2) is 67.6 Å². The number of aliphatic carboxylic acids is 1. The second-order valence-corrected chi connectivity index (χ2v) is 17.5. The molecule has 12 rings (SSSR count). The first-order valence-corrected chi connectivity index (χ1v) is 24.0. The summed E-state index contributed by atoms with van der Waals surface area (Å²) in [4.78, 5) is 76.1. The third-order valence-corrected chi connectivity index (χ3v) is 12.6. The van der Waals surface area contributed by atoms with Gasteiger partial charge in [0.05, 0.1) is 32.8 Å². The average Bonchev–Trinajstić information content (AvgIpc) is 4.30. The molecule has 3 aliphatic heterocycles. The smallest absolute Gasteiger partial charge is 0.328 e. The van der Waals surface area contributed by atoms with Crippen LogP contribution in [0.4, 0.5) is 24.8 Å². The van der Waals surface area contributed by atoms with Gasteiger partial charge < -0.3 is 29.7 Å². The first-order chi connectivity index (χ1) is 36.4. The maximum atomic E-state index is 13.6. The van der Waals surface area contributed by atoms with E-state index in [1.54, 1.807) is 91.7 Å². The van der Waals surface area contributed by atoms with E-state index >= 15 is 0 Å². The zero-order chi connectivity index (χ0) is 52.6. The number of anilines is 2. The van der Waals surface area contributed by atoms with Gasteiger partial charge in [0.15, 0.2) is 17.5 Å². The number of nitrogens with zero attached hydrogens (tertiary/aromatic N) is 14. The van der Waals surface area contributed by atoms with Gasteiger partial charge in [-0.2, -0.15) is 0 Å². The predicted octanol–water partition coefficient (Wildman–Crippen LogP) is 6.55. The molecule has 9 aromatic heterocycles. The number of halogens is 4. The molecule has 2 N–H and O–H groups in total. The van der Waals surface area contributed by atoms with Crippen molar-refractivity contribution >= 4 is 58.1 Å². The predicted molar refractivity (Wildman–Crippen MR) is 267 cm³/mol. The number of imidazole rings is 3. The molecule has 0 unspecified atom stereocenters. The van der Waals surface area contributed by atoms with Crippen LogP contribution in [0, 0.1) is 17.5 Å². The molecule has 3 fully saturated rings. The lowest BCUT2D eigenvalue weighted by Crippen LogP contribution is -2.37. The van der Waals surface area contributed by atoms with Gasteiger partial charge in [0.1, 0.15) is 86.4 Å². The molecule has 9 aromatic rings. The van der Waals surface area contributed by atoms with Crippen LogP contribution >= 0.6 is 11.6 Å². The van der Waals surface area contributed by atoms with Crippen LogP contribution in [-0.2, 0) is 23.9 Å². The summed E-state index contributed by atoms with van der Waals surface area (Å²) in [7, 11) is 2.81. The minimum atomic E-state index is -0.857. The summed E-state index contributed by atoms with van der Waals surface area (Å²) < 4.78 is 54.4. The third-order valence-electron chi connectivity index (χ3n) is 12.4. The Balaban J connectivity index is 0.000000129. The van der Waals surface area contributed by atoms with Crippen LogP contribution in [0.3, 0.4) is 0 Å². The molecule has 0 amide bonds. The molecule has 21 nitrogen and oxygen atoms in total. The number of nitrogens with one attached hydrogen (secondary N) is 1. The minimum absolute atomic E-state index is 0.0324. The fraction of sp³-hybridized carbons (Fsp3) is 0.280. The maximum Gasteiger partial charge on any atom is 0.328 e. The van der Waals surface area contributed by atoms with Gasteiger partial charge in [-0.15, -0.1) is 0 Å². The van der Waals surface area contributed by atoms with Crippen molar-refractivity contribution in [3.05, 3.63) is 133 Å². The van der Waals surface area contributed by atoms with Crippen molar-refractivity contribution < 1.29 is 42.1 Å². The summed E-state index contributed by atoms with van der Waals surface area (Å²) in [5, 5.41) is 12.7. The fourth-order valence-corrected chi connectivity index (χ4v) is 8.97. The highest BCUT2D eigenvalue weighted by molar-refractivity contribution is 6.29. The molecule has 75 heavy (non-hydrogen) atoms. The molecular formula is C50H47ClF3N15O6. The Kier molecular flexibility index (Phi) is 15.8. The Morgan fingerprint density at radius 1 is 0.573 bits per heavy atom. The topological polar surface area (TPSA) is 238 Å². The van der Waals surface area contributed by atoms with Crippen molar-refractivity contribution in [2.24, 2.45) is 0 Å². The van der Waals surface area contributed by atoms with Crippen LogP contribution in [0.1, 0.15) is 38.5 Å². The summed E-state index contributed by atoms with van der Waals surface area (Å²) in [5.74, 6) is 0.0470. The van der Waals surface area contributed by atoms with E-state index in [0.717, 1.165) is 45.2 Å². The van der Waals surface area contributed by atoms with Crippen molar-refractivity contribution in [2.45, 2.75) is 56.7 Å². The van der Waals surface area contributed by atoms with Gasteiger partial charge in [-0.05, 0) is 99.7 Å². The molecule has 3 atom stereocenters. The van der Waals surface area contributed by atoms with E-state index in [1.807, 2.05) is 4.90 Å². The Morgan fingerprint density at radius 3 is 1.44 bits per heavy atom. The van der Waals surface area contributed by atoms with Crippen LogP contribution in [-0.4, -0.2) is 133 Å². The number of carbonyl (C=O) groups excluding carboxylic acids is 2. The lowest BCUT2D eigenvalue weighted by atomic mass is 10.2. The zero-order valence-corrected chi connectivity index (χ0v) is 41.0. The van der Waals surface area contributed by atoms with Crippen LogP contribution in [0.25, 0.3) is 51.5 Å². The molecule has 386 valence electrons. The van der Waals surface area contributed by atoms with Crippen molar-refractivity contribution in [1.82, 2.24) is 63.4 Å². The number of hydrogen-bond acceptors (Lipinski definition) is 17. The normalized spacial score (nSPS) is 17.0. The number of esters is 2. The third kappa shape index (κ3) is 11.6. The van der Waals surface area contributed by atoms with E-state index in [1.165, 1.54) is 51.0 Å². The molecule has 3 saturated heterocycles. The highest BCUT2D eigenvalue weighted by Crippen LogP contribution is 2.29. The SMILES string of the molecule is COC(=O)[C@@H]1CCCN1.COC(=O)[C@@H]1CCCN1c1ccnc(-c2cnc3ccc(F)cn23)n1.Fc1ccc2ncc(-c3nccc(Cl)n3)n2c1.O=C(O)[C@@H]1CCCN1c1ccnc(-c2cnc3ccc(F)cn23)n1. The summed E-state index contributed by atoms with van der Waals surface area (Å²) in [6.45, 7) is 2.30. The molecule has 0 aliphatic carbocycles. The Bertz CT molecular complexity index is 3500. The Morgan fingerprint density at radius 2 is 1.01 bits per heavy atom. The lowest BCUT2D eigenvalue weighted by molar-refractivity contribution is -0.143. The number of carboxylic acid groups (broad SMARTS) is 1. The standard InChI is InChI=1S/C17H16FN5O2.C16H14FN5O2.C11H6ClFN4.C6H11NO2/c1-25-17(24)12-3-2-8-22(12)15-6-7-19-16(21-15)13-9-20-14-5-4-11(18)10-23(13)14;17-10-3-4-13-19-8-12(22(13)9-10)15-18-6-5-14(20-15)21-7-1-2-11(21)16(23)24;12-9-3-4-14-11(16-9)8-5-15-10-2-1-7(13)6-17(8)10;1-9-6(8)5-3-2-4-7-5/h4-7,9-10,12H,2-3,8H2,1H3;3-6,8-9,11H,1-2,7H2,(H,23,24);1-6H;5,7H,2-4H2,1H3/t12-;11-;;5-/m00.0/s1. The number of hydrogen-bond donors (Lipinski definition) is 2. The van der Waals surface area contributed by atoms with Gasteiger partial charge in [0.25, 0.3) is 0 Å². The molecule has 0 bridgehead atoms. The van der Waals surface area contributed by atoms with Crippen LogP contribution < -0.4 is 15.1 Å². The second-order valence-electron chi connectivity index (χ2n) is 17.1. The first-order valence-electron chi connectivity index (χ1n) is 23.6. The van der Waals surface area contributed by atoms with E-state index in [0.29, 0.717) is 81.3 Å². The quantitative estimate of drug-likeness (QED) is 0.121. The number of methoxy groups -OCH3 is 2. The van der Waals surface area contributed by atoms with E-state index in [2.05, 4.69) is 54.9 Å². The van der Waals surface area contributed by atoms with Crippen molar-refractivity contribution in [3.8, 4) is 34.6 Å². The summed E-state index contributed by atoms with van der Waals surface area (Å²) >= 11 is 5.79. The van der Waals surface area contributed by atoms with Crippen molar-refractivity contribution in [3.63, 3.8) is 0 Å². The molecule has 12 heterocycles. The molecule has 0 aromatic carbocycles. The van der Waals surface area contributed by atoms with Gasteiger partial charge >= 0.3 is 17.9 Å². The van der Waals surface area contributed by atoms with Gasteiger partial charge in [0, 0.05) is 50.3 Å². The van der Waals surface area contributed by atoms with Gasteiger partial charge in [-0.1, -0.05) is 11.6 Å². The number of pyridine rings is 3. The largest absolute Gasteiger partial charge is 0.480 e. The summed E-state index contributed by atoms with van der Waals surface area (Å²) in [6.07, 6.45) is 18.5. The van der Waals surface area contributed by atoms with E-state index in [9.17, 15) is 32.7 Å². The molecule has 3 aliphatic rings. The molecular weight excluding hydrogens is 999 g/mol. The van der Waals surface area contributed by atoms with Crippen molar-refractivity contribution in [1.29, 1.82) is 0 Å². The fourth-order valence-electron chi connectivity index (χ4n) is 8.83. The maximum absolute atomic E-state index is 13.6. The molecule has 0 saturated carbocycles. The number of rotatable bonds is 8. The number of carboxylic acids is 1. The Labute approximate surface area is 430 Å². The lowest BCUT2D eigenvalue weighted by Gasteiger charge is -2.23. The molecule has 0 spiro atoms. The highest BCUT2D eigenvalue weighted by Gasteiger charge is 2.33. The van der Waals surface area contributed by atoms with Crippen LogP contribution in [0.2, 0.25) is 5.15 Å². The van der Waals surface area contributed by atoms with Gasteiger partial charge in [0.2, 0.25) is 0 Å². The minimum Gasteiger partial charge on any atom is -0.480 e. The summed E-state index contributed by atoms with van der Waals surface area (Å²) in [6, 6.07) is 12.9.